The van der Waals surface area contributed by atoms with Crippen LogP contribution in [-0.4, -0.2) is 35.1 Å². The van der Waals surface area contributed by atoms with Gasteiger partial charge in [0.05, 0.1) is 5.69 Å². The van der Waals surface area contributed by atoms with Crippen LogP contribution in [0, 0.1) is 6.92 Å². The number of pyridine rings is 1. The van der Waals surface area contributed by atoms with Crippen molar-refractivity contribution >= 4 is 0 Å². The van der Waals surface area contributed by atoms with Gasteiger partial charge in [-0.3, -0.25) is 9.88 Å². The van der Waals surface area contributed by atoms with Gasteiger partial charge in [0.25, 0.3) is 0 Å². The highest BCUT2D eigenvalue weighted by Crippen LogP contribution is 2.27. The van der Waals surface area contributed by atoms with Crippen LogP contribution in [0.5, 0.6) is 0 Å². The van der Waals surface area contributed by atoms with Crippen molar-refractivity contribution in [2.45, 2.75) is 44.8 Å². The molecule has 2 atom stereocenters. The van der Waals surface area contributed by atoms with E-state index in [-0.39, 0.29) is 0 Å². The molecule has 2 unspecified atom stereocenters. The van der Waals surface area contributed by atoms with Crippen molar-refractivity contribution in [1.82, 2.24) is 15.2 Å². The molecule has 0 spiro atoms. The topological polar surface area (TPSA) is 28.2 Å². The maximum Gasteiger partial charge on any atom is 0.0541 e. The average molecular weight is 231 g/mol. The monoisotopic (exact) mass is 231 g/mol. The van der Waals surface area contributed by atoms with Gasteiger partial charge >= 0.3 is 0 Å². The number of fused-ring (bicyclic) bond motifs is 1. The quantitative estimate of drug-likeness (QED) is 0.858. The smallest absolute Gasteiger partial charge is 0.0541 e. The molecule has 2 fully saturated rings. The van der Waals surface area contributed by atoms with Crippen LogP contribution in [0.2, 0.25) is 0 Å². The van der Waals surface area contributed by atoms with Gasteiger partial charge in [-0.15, -0.1) is 0 Å². The second-order valence-electron chi connectivity index (χ2n) is 5.35. The molecule has 2 aliphatic heterocycles. The lowest BCUT2D eigenvalue weighted by Gasteiger charge is -2.21. The molecule has 3 heterocycles. The highest BCUT2D eigenvalue weighted by Gasteiger charge is 2.36. The Kier molecular flexibility index (Phi) is 3.12. The lowest BCUT2D eigenvalue weighted by Crippen LogP contribution is -2.38. The molecule has 0 aliphatic carbocycles. The van der Waals surface area contributed by atoms with Crippen molar-refractivity contribution in [2.75, 3.05) is 13.1 Å². The summed E-state index contributed by atoms with van der Waals surface area (Å²) >= 11 is 0. The second kappa shape index (κ2) is 4.75. The summed E-state index contributed by atoms with van der Waals surface area (Å²) in [5.74, 6) is 0. The molecule has 2 aliphatic rings. The summed E-state index contributed by atoms with van der Waals surface area (Å²) in [5.41, 5.74) is 2.39. The molecule has 92 valence electrons. The number of nitrogens with zero attached hydrogens (tertiary/aromatic N) is 2. The summed E-state index contributed by atoms with van der Waals surface area (Å²) in [6.45, 7) is 5.59. The zero-order valence-electron chi connectivity index (χ0n) is 10.5. The van der Waals surface area contributed by atoms with E-state index in [2.05, 4.69) is 34.3 Å². The van der Waals surface area contributed by atoms with Gasteiger partial charge in [0.15, 0.2) is 0 Å². The van der Waals surface area contributed by atoms with Gasteiger partial charge < -0.3 is 5.32 Å². The molecule has 0 radical (unpaired) electrons. The van der Waals surface area contributed by atoms with E-state index < -0.39 is 0 Å². The van der Waals surface area contributed by atoms with Crippen LogP contribution in [0.1, 0.15) is 30.5 Å². The first kappa shape index (κ1) is 11.2. The van der Waals surface area contributed by atoms with Crippen LogP contribution in [0.3, 0.4) is 0 Å². The van der Waals surface area contributed by atoms with Crippen LogP contribution in [-0.2, 0) is 6.54 Å². The second-order valence-corrected chi connectivity index (χ2v) is 5.35. The van der Waals surface area contributed by atoms with Crippen molar-refractivity contribution in [1.29, 1.82) is 0 Å². The van der Waals surface area contributed by atoms with E-state index in [1.807, 2.05) is 6.20 Å². The number of aryl methyl sites for hydroxylation is 1. The summed E-state index contributed by atoms with van der Waals surface area (Å²) in [7, 11) is 0. The fourth-order valence-corrected chi connectivity index (χ4v) is 3.16. The first-order valence-electron chi connectivity index (χ1n) is 6.72. The Hall–Kier alpha value is -0.930. The minimum atomic E-state index is 0.681. The van der Waals surface area contributed by atoms with Crippen LogP contribution in [0.15, 0.2) is 18.3 Å². The lowest BCUT2D eigenvalue weighted by atomic mass is 10.1. The van der Waals surface area contributed by atoms with Gasteiger partial charge in [-0.2, -0.15) is 0 Å². The van der Waals surface area contributed by atoms with E-state index in [0.717, 1.165) is 18.3 Å². The maximum atomic E-state index is 4.45. The first-order chi connectivity index (χ1) is 8.33. The van der Waals surface area contributed by atoms with Crippen molar-refractivity contribution in [3.63, 3.8) is 0 Å². The third-order valence-corrected chi connectivity index (χ3v) is 4.12. The van der Waals surface area contributed by atoms with Gasteiger partial charge in [-0.25, -0.2) is 0 Å². The maximum absolute atomic E-state index is 4.45. The molecule has 1 aromatic heterocycles. The third-order valence-electron chi connectivity index (χ3n) is 4.12. The zero-order chi connectivity index (χ0) is 11.7. The van der Waals surface area contributed by atoms with Crippen LogP contribution in [0.25, 0.3) is 0 Å². The van der Waals surface area contributed by atoms with Crippen LogP contribution >= 0.6 is 0 Å². The van der Waals surface area contributed by atoms with E-state index >= 15 is 0 Å². The Labute approximate surface area is 103 Å². The number of rotatable bonds is 3. The van der Waals surface area contributed by atoms with Gasteiger partial charge in [0, 0.05) is 31.4 Å². The summed E-state index contributed by atoms with van der Waals surface area (Å²) in [6, 6.07) is 5.74. The third kappa shape index (κ3) is 2.35. The molecule has 0 aromatic carbocycles. The fourth-order valence-electron chi connectivity index (χ4n) is 3.16. The zero-order valence-corrected chi connectivity index (χ0v) is 10.5. The van der Waals surface area contributed by atoms with Crippen molar-refractivity contribution in [3.8, 4) is 0 Å². The predicted molar refractivity (Wildman–Crippen MR) is 68.8 cm³/mol. The summed E-state index contributed by atoms with van der Waals surface area (Å²) in [4.78, 5) is 7.09. The number of nitrogens with one attached hydrogen (secondary N) is 1. The number of hydrogen-bond donors (Lipinski definition) is 1. The first-order valence-corrected chi connectivity index (χ1v) is 6.72. The van der Waals surface area contributed by atoms with Gasteiger partial charge in [-0.1, -0.05) is 6.07 Å². The molecule has 17 heavy (non-hydrogen) atoms. The molecular formula is C14H21N3. The van der Waals surface area contributed by atoms with Crippen molar-refractivity contribution < 1.29 is 0 Å². The molecule has 0 amide bonds. The summed E-state index contributed by atoms with van der Waals surface area (Å²) in [5, 5.41) is 3.68. The van der Waals surface area contributed by atoms with Gasteiger partial charge in [0.1, 0.15) is 0 Å². The minimum absolute atomic E-state index is 0.681. The predicted octanol–water partition coefficient (Wildman–Crippen LogP) is 1.72. The molecule has 3 nitrogen and oxygen atoms in total. The van der Waals surface area contributed by atoms with Gasteiger partial charge in [0.2, 0.25) is 0 Å². The highest BCUT2D eigenvalue weighted by atomic mass is 15.2. The molecule has 0 saturated carbocycles. The van der Waals surface area contributed by atoms with Crippen molar-refractivity contribution in [3.05, 3.63) is 29.6 Å². The van der Waals surface area contributed by atoms with Gasteiger partial charge in [-0.05, 0) is 44.4 Å². The fraction of sp³-hybridized carbons (Fsp3) is 0.643. The molecule has 3 rings (SSSR count). The Balaban J connectivity index is 1.56. The highest BCUT2D eigenvalue weighted by molar-refractivity contribution is 5.12. The van der Waals surface area contributed by atoms with E-state index in [0.29, 0.717) is 6.04 Å². The van der Waals surface area contributed by atoms with E-state index in [9.17, 15) is 0 Å². The molecule has 3 heteroatoms. The van der Waals surface area contributed by atoms with E-state index in [4.69, 9.17) is 0 Å². The Morgan fingerprint density at radius 2 is 2.29 bits per heavy atom. The Morgan fingerprint density at radius 1 is 1.35 bits per heavy atom. The Bertz CT molecular complexity index is 374. The summed E-state index contributed by atoms with van der Waals surface area (Å²) < 4.78 is 0. The largest absolute Gasteiger partial charge is 0.307 e. The normalized spacial score (nSPS) is 28.5. The van der Waals surface area contributed by atoms with Crippen molar-refractivity contribution in [2.24, 2.45) is 0 Å². The van der Waals surface area contributed by atoms with E-state index in [1.54, 1.807) is 0 Å². The number of hydrogen-bond acceptors (Lipinski definition) is 3. The molecule has 1 N–H and O–H groups in total. The SMILES string of the molecule is Cc1ccc(CNC2CCN3CCCC23)nc1. The van der Waals surface area contributed by atoms with Crippen LogP contribution < -0.4 is 5.32 Å². The lowest BCUT2D eigenvalue weighted by molar-refractivity contribution is 0.298. The minimum Gasteiger partial charge on any atom is -0.307 e. The standard InChI is InChI=1S/C14H21N3/c1-11-4-5-12(15-9-11)10-16-13-6-8-17-7-2-3-14(13)17/h4-5,9,13-14,16H,2-3,6-8,10H2,1H3. The average Bonchev–Trinajstić information content (AvgIpc) is 2.91. The Morgan fingerprint density at radius 3 is 3.12 bits per heavy atom. The van der Waals surface area contributed by atoms with E-state index in [1.165, 1.54) is 37.9 Å². The summed E-state index contributed by atoms with van der Waals surface area (Å²) in [6.07, 6.45) is 6.01. The molecule has 1 aromatic rings. The molecular weight excluding hydrogens is 210 g/mol. The number of aromatic nitrogens is 1. The molecule has 2 saturated heterocycles. The van der Waals surface area contributed by atoms with Crippen LogP contribution in [0.4, 0.5) is 0 Å². The molecule has 0 bridgehead atoms.